The predicted molar refractivity (Wildman–Crippen MR) is 79.9 cm³/mol. The van der Waals surface area contributed by atoms with E-state index in [1.165, 1.54) is 16.9 Å². The summed E-state index contributed by atoms with van der Waals surface area (Å²) >= 11 is 8.66. The number of carbonyl (C=O) groups excluding carboxylic acids is 1. The Hall–Kier alpha value is -0.450. The van der Waals surface area contributed by atoms with Gasteiger partial charge in [-0.2, -0.15) is 0 Å². The molecule has 0 unspecified atom stereocenters. The van der Waals surface area contributed by atoms with Crippen LogP contribution in [0.2, 0.25) is 0 Å². The van der Waals surface area contributed by atoms with Crippen molar-refractivity contribution in [2.75, 3.05) is 0 Å². The number of Topliss-reactive ketones (excluding diaryl/α,β-unsaturated/α-hetero) is 1. The monoisotopic (exact) mass is 372 g/mol. The Labute approximate surface area is 121 Å². The van der Waals surface area contributed by atoms with Crippen molar-refractivity contribution in [1.82, 2.24) is 0 Å². The van der Waals surface area contributed by atoms with E-state index in [4.69, 9.17) is 0 Å². The second-order valence-corrected chi connectivity index (χ2v) is 6.62. The van der Waals surface area contributed by atoms with Crippen molar-refractivity contribution in [3.63, 3.8) is 0 Å². The van der Waals surface area contributed by atoms with Gasteiger partial charge < -0.3 is 0 Å². The lowest BCUT2D eigenvalue weighted by molar-refractivity contribution is 0.102. The van der Waals surface area contributed by atoms with Gasteiger partial charge in [0.2, 0.25) is 0 Å². The number of hydrogen-bond acceptors (Lipinski definition) is 2. The van der Waals surface area contributed by atoms with Crippen LogP contribution in [-0.4, -0.2) is 5.78 Å². The maximum atomic E-state index is 11.3. The minimum Gasteiger partial charge on any atom is -0.294 e. The lowest BCUT2D eigenvalue weighted by atomic mass is 10.1. The molecule has 1 aromatic heterocycles. The lowest BCUT2D eigenvalue weighted by Crippen LogP contribution is -1.84. The Kier molecular flexibility index (Phi) is 3.85. The molecule has 0 aliphatic carbocycles. The van der Waals surface area contributed by atoms with E-state index in [-0.39, 0.29) is 5.78 Å². The Morgan fingerprint density at radius 1 is 1.18 bits per heavy atom. The number of carbonyl (C=O) groups is 1. The van der Waals surface area contributed by atoms with Gasteiger partial charge >= 0.3 is 0 Å². The van der Waals surface area contributed by atoms with Gasteiger partial charge in [-0.25, -0.2) is 0 Å². The van der Waals surface area contributed by atoms with E-state index in [0.29, 0.717) is 0 Å². The fourth-order valence-electron chi connectivity index (χ4n) is 1.60. The van der Waals surface area contributed by atoms with Crippen LogP contribution in [0.4, 0.5) is 0 Å². The summed E-state index contributed by atoms with van der Waals surface area (Å²) in [5.74, 6) is 0.112. The molecule has 0 spiro atoms. The van der Waals surface area contributed by atoms with Crippen LogP contribution in [0, 0.1) is 6.92 Å². The molecule has 0 atom stereocenters. The van der Waals surface area contributed by atoms with Gasteiger partial charge in [-0.15, -0.1) is 11.3 Å². The van der Waals surface area contributed by atoms with Gasteiger partial charge in [0.1, 0.15) is 0 Å². The van der Waals surface area contributed by atoms with E-state index in [1.807, 2.05) is 12.1 Å². The molecule has 2 rings (SSSR count). The minimum absolute atomic E-state index is 0.112. The largest absolute Gasteiger partial charge is 0.294 e. The number of halogens is 2. The first-order chi connectivity index (χ1) is 7.99. The molecular formula is C13H10Br2OS. The first-order valence-electron chi connectivity index (χ1n) is 5.06. The van der Waals surface area contributed by atoms with Crippen LogP contribution >= 0.6 is 43.2 Å². The molecule has 0 saturated carbocycles. The second kappa shape index (κ2) is 5.04. The third kappa shape index (κ3) is 2.69. The van der Waals surface area contributed by atoms with Crippen molar-refractivity contribution >= 4 is 49.0 Å². The van der Waals surface area contributed by atoms with Gasteiger partial charge in [0.05, 0.1) is 4.88 Å². The first-order valence-corrected chi connectivity index (χ1v) is 7.46. The summed E-state index contributed by atoms with van der Waals surface area (Å²) in [5.41, 5.74) is 2.30. The first kappa shape index (κ1) is 13.0. The summed E-state index contributed by atoms with van der Waals surface area (Å²) in [7, 11) is 0. The highest BCUT2D eigenvalue weighted by Gasteiger charge is 2.12. The molecule has 0 aliphatic rings. The topological polar surface area (TPSA) is 17.1 Å². The fraction of sp³-hybridized carbons (Fsp3) is 0.154. The van der Waals surface area contributed by atoms with Gasteiger partial charge in [0, 0.05) is 19.4 Å². The summed E-state index contributed by atoms with van der Waals surface area (Å²) in [5, 5.41) is 0. The SMILES string of the molecule is CC(=O)c1ccc(-c2c(Br)cc(C)cc2Br)s1. The van der Waals surface area contributed by atoms with Crippen LogP contribution in [0.1, 0.15) is 22.2 Å². The number of aryl methyl sites for hydroxylation is 1. The van der Waals surface area contributed by atoms with E-state index in [0.717, 1.165) is 24.3 Å². The molecule has 17 heavy (non-hydrogen) atoms. The standard InChI is InChI=1S/C13H10Br2OS/c1-7-5-9(14)13(10(15)6-7)12-4-3-11(17-12)8(2)16/h3-6H,1-2H3. The smallest absolute Gasteiger partial charge is 0.169 e. The Bertz CT molecular complexity index is 564. The number of ketones is 1. The molecule has 0 saturated heterocycles. The van der Waals surface area contributed by atoms with Crippen molar-refractivity contribution in [2.45, 2.75) is 13.8 Å². The molecule has 1 nitrogen and oxygen atoms in total. The summed E-state index contributed by atoms with van der Waals surface area (Å²) in [6, 6.07) is 8.02. The Morgan fingerprint density at radius 3 is 2.24 bits per heavy atom. The van der Waals surface area contributed by atoms with Crippen LogP contribution in [0.3, 0.4) is 0 Å². The highest BCUT2D eigenvalue weighted by Crippen LogP contribution is 2.39. The number of benzene rings is 1. The molecule has 0 bridgehead atoms. The molecule has 0 fully saturated rings. The van der Waals surface area contributed by atoms with E-state index >= 15 is 0 Å². The summed E-state index contributed by atoms with van der Waals surface area (Å²) in [6.45, 7) is 3.64. The predicted octanol–water partition coefficient (Wildman–Crippen LogP) is 5.45. The minimum atomic E-state index is 0.112. The average molecular weight is 374 g/mol. The van der Waals surface area contributed by atoms with Crippen molar-refractivity contribution in [2.24, 2.45) is 0 Å². The summed E-state index contributed by atoms with van der Waals surface area (Å²) in [6.07, 6.45) is 0. The zero-order chi connectivity index (χ0) is 12.6. The number of hydrogen-bond donors (Lipinski definition) is 0. The number of thiophene rings is 1. The molecule has 4 heteroatoms. The quantitative estimate of drug-likeness (QED) is 0.639. The Morgan fingerprint density at radius 2 is 1.76 bits per heavy atom. The summed E-state index contributed by atoms with van der Waals surface area (Å²) in [4.78, 5) is 13.2. The van der Waals surface area contributed by atoms with Crippen molar-refractivity contribution in [3.8, 4) is 10.4 Å². The normalized spacial score (nSPS) is 10.6. The van der Waals surface area contributed by atoms with Crippen LogP contribution in [0.15, 0.2) is 33.2 Å². The van der Waals surface area contributed by atoms with Gasteiger partial charge in [-0.1, -0.05) is 31.9 Å². The van der Waals surface area contributed by atoms with E-state index in [1.54, 1.807) is 6.92 Å². The number of rotatable bonds is 2. The molecule has 1 aromatic carbocycles. The molecule has 0 aliphatic heterocycles. The third-order valence-electron chi connectivity index (χ3n) is 2.39. The molecule has 0 N–H and O–H groups in total. The van der Waals surface area contributed by atoms with Gasteiger partial charge in [0.25, 0.3) is 0 Å². The van der Waals surface area contributed by atoms with Crippen LogP contribution in [-0.2, 0) is 0 Å². The van der Waals surface area contributed by atoms with Gasteiger partial charge in [0.15, 0.2) is 5.78 Å². The highest BCUT2D eigenvalue weighted by molar-refractivity contribution is 9.11. The molecular weight excluding hydrogens is 364 g/mol. The molecule has 88 valence electrons. The van der Waals surface area contributed by atoms with E-state index in [9.17, 15) is 4.79 Å². The fourth-order valence-corrected chi connectivity index (χ4v) is 4.68. The third-order valence-corrected chi connectivity index (χ3v) is 4.84. The average Bonchev–Trinajstić information content (AvgIpc) is 2.65. The van der Waals surface area contributed by atoms with Crippen LogP contribution in [0.25, 0.3) is 10.4 Å². The zero-order valence-corrected chi connectivity index (χ0v) is 13.4. The maximum Gasteiger partial charge on any atom is 0.169 e. The van der Waals surface area contributed by atoms with Crippen molar-refractivity contribution in [3.05, 3.63) is 43.7 Å². The second-order valence-electron chi connectivity index (χ2n) is 3.82. The van der Waals surface area contributed by atoms with Crippen molar-refractivity contribution in [1.29, 1.82) is 0 Å². The lowest BCUT2D eigenvalue weighted by Gasteiger charge is -2.06. The van der Waals surface area contributed by atoms with E-state index in [2.05, 4.69) is 50.9 Å². The van der Waals surface area contributed by atoms with Crippen molar-refractivity contribution < 1.29 is 4.79 Å². The van der Waals surface area contributed by atoms with Crippen LogP contribution in [0.5, 0.6) is 0 Å². The van der Waals surface area contributed by atoms with Gasteiger partial charge in [-0.05, 0) is 43.7 Å². The molecule has 1 heterocycles. The van der Waals surface area contributed by atoms with Crippen LogP contribution < -0.4 is 0 Å². The maximum absolute atomic E-state index is 11.3. The highest BCUT2D eigenvalue weighted by atomic mass is 79.9. The summed E-state index contributed by atoms with van der Waals surface area (Å²) < 4.78 is 2.09. The molecule has 2 aromatic rings. The van der Waals surface area contributed by atoms with E-state index < -0.39 is 0 Å². The van der Waals surface area contributed by atoms with Gasteiger partial charge in [-0.3, -0.25) is 4.79 Å². The zero-order valence-electron chi connectivity index (χ0n) is 9.38. The Balaban J connectivity index is 2.56. The molecule has 0 amide bonds. The molecule has 0 radical (unpaired) electrons.